The van der Waals surface area contributed by atoms with Crippen LogP contribution in [0.2, 0.25) is 0 Å². The van der Waals surface area contributed by atoms with Crippen LogP contribution >= 0.6 is 0 Å². The summed E-state index contributed by atoms with van der Waals surface area (Å²) < 4.78 is 37.2. The van der Waals surface area contributed by atoms with Gasteiger partial charge in [0.25, 0.3) is 10.0 Å². The first-order chi connectivity index (χ1) is 16.3. The van der Waals surface area contributed by atoms with E-state index in [2.05, 4.69) is 12.6 Å². The molecule has 0 N–H and O–H groups in total. The fraction of sp³-hybridized carbons (Fsp3) is 0.375. The van der Waals surface area contributed by atoms with E-state index in [1.165, 1.54) is 16.4 Å². The summed E-state index contributed by atoms with van der Waals surface area (Å²) in [6, 6.07) is 11.6. The van der Waals surface area contributed by atoms with E-state index in [1.807, 2.05) is 12.1 Å². The van der Waals surface area contributed by atoms with Gasteiger partial charge in [-0.3, -0.25) is 4.79 Å². The molecule has 1 aromatic carbocycles. The van der Waals surface area contributed by atoms with Crippen LogP contribution in [-0.4, -0.2) is 55.7 Å². The Bertz CT molecular complexity index is 1170. The summed E-state index contributed by atoms with van der Waals surface area (Å²) in [5, 5.41) is 8.63. The third kappa shape index (κ3) is 5.73. The molecule has 1 aromatic heterocycles. The zero-order valence-corrected chi connectivity index (χ0v) is 19.8. The van der Waals surface area contributed by atoms with Crippen molar-refractivity contribution in [3.05, 3.63) is 65.9 Å². The van der Waals surface area contributed by atoms with Gasteiger partial charge in [0.15, 0.2) is 0 Å². The minimum atomic E-state index is -3.93. The van der Waals surface area contributed by atoms with E-state index in [9.17, 15) is 18.0 Å². The molecule has 34 heavy (non-hydrogen) atoms. The molecular formula is C24H27N3O6S. The van der Waals surface area contributed by atoms with Gasteiger partial charge in [0, 0.05) is 32.1 Å². The molecule has 0 saturated carbocycles. The summed E-state index contributed by atoms with van der Waals surface area (Å²) >= 11 is 0. The minimum Gasteiger partial charge on any atom is -0.460 e. The van der Waals surface area contributed by atoms with E-state index in [0.29, 0.717) is 31.5 Å². The predicted molar refractivity (Wildman–Crippen MR) is 123 cm³/mol. The number of rotatable bonds is 9. The van der Waals surface area contributed by atoms with Gasteiger partial charge >= 0.3 is 5.97 Å². The fourth-order valence-corrected chi connectivity index (χ4v) is 5.17. The monoisotopic (exact) mass is 485 g/mol. The van der Waals surface area contributed by atoms with Crippen molar-refractivity contribution < 1.29 is 27.2 Å². The molecule has 2 heterocycles. The average molecular weight is 486 g/mol. The molecule has 0 unspecified atom stereocenters. The summed E-state index contributed by atoms with van der Waals surface area (Å²) in [4.78, 5) is 26.6. The van der Waals surface area contributed by atoms with Crippen molar-refractivity contribution in [1.29, 1.82) is 5.26 Å². The molecule has 1 saturated heterocycles. The Kier molecular flexibility index (Phi) is 8.26. The highest BCUT2D eigenvalue weighted by atomic mass is 32.2. The number of ether oxygens (including phenoxy) is 1. The Morgan fingerprint density at radius 2 is 1.91 bits per heavy atom. The van der Waals surface area contributed by atoms with Crippen molar-refractivity contribution >= 4 is 21.9 Å². The number of nitriles is 1. The predicted octanol–water partition coefficient (Wildman–Crippen LogP) is 2.94. The summed E-state index contributed by atoms with van der Waals surface area (Å²) in [6.45, 7) is 6.58. The lowest BCUT2D eigenvalue weighted by Crippen LogP contribution is -2.44. The zero-order chi connectivity index (χ0) is 24.7. The maximum Gasteiger partial charge on any atom is 0.374 e. The highest BCUT2D eigenvalue weighted by Gasteiger charge is 2.35. The first-order valence-corrected chi connectivity index (χ1v) is 12.4. The summed E-state index contributed by atoms with van der Waals surface area (Å²) in [6.07, 6.45) is 2.38. The van der Waals surface area contributed by atoms with E-state index in [-0.39, 0.29) is 42.4 Å². The Morgan fingerprint density at radius 1 is 1.24 bits per heavy atom. The summed E-state index contributed by atoms with van der Waals surface area (Å²) in [7, 11) is -3.93. The lowest BCUT2D eigenvalue weighted by atomic mass is 9.96. The molecule has 10 heteroatoms. The second-order valence-corrected chi connectivity index (χ2v) is 9.70. The lowest BCUT2D eigenvalue weighted by Gasteiger charge is -2.33. The molecule has 180 valence electrons. The summed E-state index contributed by atoms with van der Waals surface area (Å²) in [5.74, 6) is -1.29. The number of amides is 1. The molecule has 2 aromatic rings. The van der Waals surface area contributed by atoms with Crippen molar-refractivity contribution in [3.8, 4) is 6.07 Å². The van der Waals surface area contributed by atoms with Gasteiger partial charge in [-0.15, -0.1) is 6.58 Å². The number of benzene rings is 1. The fourth-order valence-electron chi connectivity index (χ4n) is 3.79. The molecular weight excluding hydrogens is 458 g/mol. The van der Waals surface area contributed by atoms with Crippen LogP contribution in [0.25, 0.3) is 0 Å². The number of nitrogens with zero attached hydrogens (tertiary/aromatic N) is 3. The number of carbonyl (C=O) groups excluding carboxylic acids is 2. The van der Waals surface area contributed by atoms with Gasteiger partial charge in [0.2, 0.25) is 16.8 Å². The number of hydrogen-bond acceptors (Lipinski definition) is 7. The van der Waals surface area contributed by atoms with Gasteiger partial charge in [-0.25, -0.2) is 13.2 Å². The van der Waals surface area contributed by atoms with Crippen LogP contribution in [0.1, 0.15) is 41.4 Å². The molecule has 1 aliphatic heterocycles. The number of esters is 1. The maximum atomic E-state index is 13.2. The van der Waals surface area contributed by atoms with Gasteiger partial charge in [-0.1, -0.05) is 18.2 Å². The molecule has 0 spiro atoms. The first kappa shape index (κ1) is 25.2. The molecule has 0 bridgehead atoms. The van der Waals surface area contributed by atoms with Crippen molar-refractivity contribution in [2.75, 3.05) is 26.2 Å². The van der Waals surface area contributed by atoms with E-state index >= 15 is 0 Å². The van der Waals surface area contributed by atoms with Crippen molar-refractivity contribution in [2.24, 2.45) is 5.92 Å². The molecule has 0 radical (unpaired) electrons. The molecule has 1 aliphatic rings. The van der Waals surface area contributed by atoms with E-state index in [4.69, 9.17) is 14.4 Å². The van der Waals surface area contributed by atoms with Crippen LogP contribution in [0.15, 0.2) is 58.6 Å². The number of furan rings is 1. The molecule has 1 fully saturated rings. The second kappa shape index (κ2) is 11.1. The third-order valence-electron chi connectivity index (χ3n) is 5.57. The normalized spacial score (nSPS) is 14.8. The standard InChI is InChI=1S/C24H27N3O6S/c1-3-13-26(17-19-7-5-18(16-25)6-8-19)23(28)20-11-14-27(15-12-20)34(30,31)22-10-9-21(33-22)24(29)32-4-2/h3,5-10,20H,1,4,11-15,17H2,2H3. The number of hydrogen-bond donors (Lipinski definition) is 0. The highest BCUT2D eigenvalue weighted by molar-refractivity contribution is 7.89. The van der Waals surface area contributed by atoms with Gasteiger partial charge in [-0.05, 0) is 49.6 Å². The third-order valence-corrected chi connectivity index (χ3v) is 7.35. The largest absolute Gasteiger partial charge is 0.460 e. The average Bonchev–Trinajstić information content (AvgIpc) is 3.36. The van der Waals surface area contributed by atoms with Crippen molar-refractivity contribution in [2.45, 2.75) is 31.4 Å². The number of sulfonamides is 1. The highest BCUT2D eigenvalue weighted by Crippen LogP contribution is 2.27. The van der Waals surface area contributed by atoms with Crippen molar-refractivity contribution in [3.63, 3.8) is 0 Å². The molecule has 0 atom stereocenters. The summed E-state index contributed by atoms with van der Waals surface area (Å²) in [5.41, 5.74) is 1.44. The van der Waals surface area contributed by atoms with Gasteiger partial charge in [-0.2, -0.15) is 9.57 Å². The Labute approximate surface area is 199 Å². The Hall–Kier alpha value is -3.42. The smallest absolute Gasteiger partial charge is 0.374 e. The molecule has 3 rings (SSSR count). The molecule has 9 nitrogen and oxygen atoms in total. The molecule has 1 amide bonds. The van der Waals surface area contributed by atoms with Crippen LogP contribution in [-0.2, 0) is 26.1 Å². The second-order valence-electron chi connectivity index (χ2n) is 7.83. The van der Waals surface area contributed by atoms with Crippen LogP contribution in [0.5, 0.6) is 0 Å². The SMILES string of the molecule is C=CCN(Cc1ccc(C#N)cc1)C(=O)C1CCN(S(=O)(=O)c2ccc(C(=O)OCC)o2)CC1. The van der Waals surface area contributed by atoms with Crippen LogP contribution in [0.4, 0.5) is 0 Å². The first-order valence-electron chi connectivity index (χ1n) is 11.0. The van der Waals surface area contributed by atoms with Crippen molar-refractivity contribution in [1.82, 2.24) is 9.21 Å². The van der Waals surface area contributed by atoms with Crippen LogP contribution in [0, 0.1) is 17.2 Å². The van der Waals surface area contributed by atoms with E-state index < -0.39 is 16.0 Å². The minimum absolute atomic E-state index is 0.0658. The Morgan fingerprint density at radius 3 is 2.50 bits per heavy atom. The number of carbonyl (C=O) groups is 2. The lowest BCUT2D eigenvalue weighted by molar-refractivity contribution is -0.136. The van der Waals surface area contributed by atoms with E-state index in [1.54, 1.807) is 30.0 Å². The quantitative estimate of drug-likeness (QED) is 0.395. The topological polar surface area (TPSA) is 121 Å². The zero-order valence-electron chi connectivity index (χ0n) is 19.0. The maximum absolute atomic E-state index is 13.2. The Balaban J connectivity index is 1.63. The van der Waals surface area contributed by atoms with Crippen LogP contribution in [0.3, 0.4) is 0 Å². The van der Waals surface area contributed by atoms with Gasteiger partial charge in [0.05, 0.1) is 18.2 Å². The van der Waals surface area contributed by atoms with Crippen LogP contribution < -0.4 is 0 Å². The van der Waals surface area contributed by atoms with Gasteiger partial charge in [0.1, 0.15) is 0 Å². The number of piperidine rings is 1. The van der Waals surface area contributed by atoms with Gasteiger partial charge < -0.3 is 14.1 Å². The van der Waals surface area contributed by atoms with E-state index in [0.717, 1.165) is 5.56 Å². The molecule has 0 aliphatic carbocycles.